The lowest BCUT2D eigenvalue weighted by atomic mass is 10.00. The van der Waals surface area contributed by atoms with Gasteiger partial charge in [0, 0.05) is 12.3 Å². The Kier molecular flexibility index (Phi) is 5.82. The summed E-state index contributed by atoms with van der Waals surface area (Å²) in [5, 5.41) is 11.9. The number of piperidine rings is 1. The minimum atomic E-state index is -0.287. The molecule has 1 fully saturated rings. The van der Waals surface area contributed by atoms with Gasteiger partial charge in [-0.25, -0.2) is 4.39 Å². The third-order valence-corrected chi connectivity index (χ3v) is 2.57. The Hall–Kier alpha value is -1.13. The van der Waals surface area contributed by atoms with Crippen molar-refractivity contribution in [3.8, 4) is 0 Å². The van der Waals surface area contributed by atoms with E-state index in [2.05, 4.69) is 5.32 Å². The maximum Gasteiger partial charge on any atom is 0.125 e. The maximum atomic E-state index is 12.1. The lowest BCUT2D eigenvalue weighted by Crippen LogP contribution is -2.29. The molecule has 2 rings (SSSR count). The van der Waals surface area contributed by atoms with Crippen LogP contribution in [-0.4, -0.2) is 24.8 Å². The van der Waals surface area contributed by atoms with Crippen molar-refractivity contribution in [2.75, 3.05) is 25.4 Å². The minimum Gasteiger partial charge on any atom is -0.399 e. The highest BCUT2D eigenvalue weighted by atomic mass is 19.1. The van der Waals surface area contributed by atoms with Gasteiger partial charge in [-0.3, -0.25) is 0 Å². The molecule has 1 saturated heterocycles. The van der Waals surface area contributed by atoms with E-state index in [1.54, 1.807) is 12.1 Å². The topological polar surface area (TPSA) is 58.3 Å². The number of nitrogen functional groups attached to an aromatic ring is 1. The van der Waals surface area contributed by atoms with E-state index in [-0.39, 0.29) is 5.82 Å². The van der Waals surface area contributed by atoms with E-state index in [1.807, 2.05) is 0 Å². The van der Waals surface area contributed by atoms with Crippen LogP contribution in [0.15, 0.2) is 24.3 Å². The molecule has 1 aliphatic rings. The number of benzene rings is 1. The second-order valence-corrected chi connectivity index (χ2v) is 3.93. The van der Waals surface area contributed by atoms with Crippen LogP contribution >= 0.6 is 0 Å². The molecule has 0 aromatic heterocycles. The van der Waals surface area contributed by atoms with Crippen LogP contribution in [0.25, 0.3) is 0 Å². The number of hydrogen-bond donors (Lipinski definition) is 3. The van der Waals surface area contributed by atoms with E-state index in [0.717, 1.165) is 25.9 Å². The molecule has 0 spiro atoms. The van der Waals surface area contributed by atoms with Crippen molar-refractivity contribution in [2.24, 2.45) is 5.92 Å². The third-order valence-electron chi connectivity index (χ3n) is 2.57. The monoisotopic (exact) mass is 226 g/mol. The number of halogens is 1. The summed E-state index contributed by atoms with van der Waals surface area (Å²) in [5.41, 5.74) is 5.68. The van der Waals surface area contributed by atoms with Crippen LogP contribution in [-0.2, 0) is 0 Å². The van der Waals surface area contributed by atoms with Crippen LogP contribution < -0.4 is 11.1 Å². The molecule has 0 saturated carbocycles. The molecule has 1 aromatic rings. The van der Waals surface area contributed by atoms with Crippen LogP contribution in [0.4, 0.5) is 10.1 Å². The number of aliphatic hydroxyl groups excluding tert-OH is 1. The molecule has 0 unspecified atom stereocenters. The Bertz CT molecular complexity index is 284. The molecule has 4 heteroatoms. The standard InChI is InChI=1S/C6H6FN.C6H13NO/c7-5-2-1-3-6(8)4-5;8-5-6-1-3-7-4-2-6/h1-4H,8H2;6-8H,1-5H2. The maximum absolute atomic E-state index is 12.1. The molecule has 90 valence electrons. The second kappa shape index (κ2) is 7.19. The minimum absolute atomic E-state index is 0.287. The van der Waals surface area contributed by atoms with Gasteiger partial charge in [0.25, 0.3) is 0 Å². The van der Waals surface area contributed by atoms with Crippen molar-refractivity contribution in [2.45, 2.75) is 12.8 Å². The zero-order valence-corrected chi connectivity index (χ0v) is 9.32. The summed E-state index contributed by atoms with van der Waals surface area (Å²) >= 11 is 0. The van der Waals surface area contributed by atoms with Gasteiger partial charge in [-0.1, -0.05) is 6.07 Å². The average molecular weight is 226 g/mol. The van der Waals surface area contributed by atoms with Crippen LogP contribution in [0.3, 0.4) is 0 Å². The van der Waals surface area contributed by atoms with Crippen LogP contribution in [0.5, 0.6) is 0 Å². The van der Waals surface area contributed by atoms with E-state index in [0.29, 0.717) is 18.2 Å². The molecular weight excluding hydrogens is 207 g/mol. The molecule has 0 atom stereocenters. The summed E-state index contributed by atoms with van der Waals surface area (Å²) < 4.78 is 12.1. The van der Waals surface area contributed by atoms with Gasteiger partial charge in [-0.05, 0) is 50.0 Å². The molecule has 3 nitrogen and oxygen atoms in total. The molecule has 0 amide bonds. The van der Waals surface area contributed by atoms with E-state index < -0.39 is 0 Å². The summed E-state index contributed by atoms with van der Waals surface area (Å²) in [6.07, 6.45) is 2.30. The summed E-state index contributed by atoms with van der Waals surface area (Å²) in [6.45, 7) is 2.55. The first-order chi connectivity index (χ1) is 7.72. The van der Waals surface area contributed by atoms with Gasteiger partial charge in [0.2, 0.25) is 0 Å². The predicted molar refractivity (Wildman–Crippen MR) is 63.5 cm³/mol. The zero-order chi connectivity index (χ0) is 11.8. The smallest absolute Gasteiger partial charge is 0.125 e. The zero-order valence-electron chi connectivity index (χ0n) is 9.32. The van der Waals surface area contributed by atoms with Crippen molar-refractivity contribution >= 4 is 5.69 Å². The number of nitrogens with one attached hydrogen (secondary N) is 1. The van der Waals surface area contributed by atoms with Gasteiger partial charge in [0.15, 0.2) is 0 Å². The van der Waals surface area contributed by atoms with E-state index in [4.69, 9.17) is 10.8 Å². The first-order valence-electron chi connectivity index (χ1n) is 5.55. The Morgan fingerprint density at radius 1 is 1.38 bits per heavy atom. The first-order valence-corrected chi connectivity index (χ1v) is 5.55. The van der Waals surface area contributed by atoms with Gasteiger partial charge in [-0.2, -0.15) is 0 Å². The fourth-order valence-electron chi connectivity index (χ4n) is 1.57. The van der Waals surface area contributed by atoms with Gasteiger partial charge < -0.3 is 16.2 Å². The number of anilines is 1. The van der Waals surface area contributed by atoms with E-state index >= 15 is 0 Å². The van der Waals surface area contributed by atoms with E-state index in [1.165, 1.54) is 12.1 Å². The highest BCUT2D eigenvalue weighted by Crippen LogP contribution is 2.08. The third kappa shape index (κ3) is 5.09. The Balaban J connectivity index is 0.000000160. The van der Waals surface area contributed by atoms with Crippen molar-refractivity contribution in [1.82, 2.24) is 5.32 Å². The van der Waals surface area contributed by atoms with Crippen molar-refractivity contribution < 1.29 is 9.50 Å². The summed E-state index contributed by atoms with van der Waals surface area (Å²) in [5.74, 6) is 0.293. The largest absolute Gasteiger partial charge is 0.399 e. The van der Waals surface area contributed by atoms with Crippen LogP contribution in [0.1, 0.15) is 12.8 Å². The molecule has 1 aromatic carbocycles. The quantitative estimate of drug-likeness (QED) is 0.634. The molecule has 16 heavy (non-hydrogen) atoms. The first kappa shape index (κ1) is 12.9. The molecule has 1 aliphatic heterocycles. The van der Waals surface area contributed by atoms with Gasteiger partial charge in [0.05, 0.1) is 0 Å². The number of aliphatic hydroxyl groups is 1. The van der Waals surface area contributed by atoms with E-state index in [9.17, 15) is 4.39 Å². The van der Waals surface area contributed by atoms with Crippen molar-refractivity contribution in [3.05, 3.63) is 30.1 Å². The van der Waals surface area contributed by atoms with Crippen molar-refractivity contribution in [3.63, 3.8) is 0 Å². The lowest BCUT2D eigenvalue weighted by molar-refractivity contribution is 0.196. The molecule has 0 radical (unpaired) electrons. The fraction of sp³-hybridized carbons (Fsp3) is 0.500. The Labute approximate surface area is 95.5 Å². The number of rotatable bonds is 1. The Morgan fingerprint density at radius 3 is 2.44 bits per heavy atom. The summed E-state index contributed by atoms with van der Waals surface area (Å²) in [6, 6.07) is 5.85. The van der Waals surface area contributed by atoms with Crippen molar-refractivity contribution in [1.29, 1.82) is 0 Å². The SMILES string of the molecule is Nc1cccc(F)c1.OCC1CCNCC1. The number of hydrogen-bond acceptors (Lipinski definition) is 3. The van der Waals surface area contributed by atoms with Gasteiger partial charge in [0.1, 0.15) is 5.82 Å². The second-order valence-electron chi connectivity index (χ2n) is 3.93. The average Bonchev–Trinajstić information content (AvgIpc) is 2.31. The molecule has 0 bridgehead atoms. The summed E-state index contributed by atoms with van der Waals surface area (Å²) in [4.78, 5) is 0. The highest BCUT2D eigenvalue weighted by Gasteiger charge is 2.10. The van der Waals surface area contributed by atoms with Gasteiger partial charge >= 0.3 is 0 Å². The highest BCUT2D eigenvalue weighted by molar-refractivity contribution is 5.36. The lowest BCUT2D eigenvalue weighted by Gasteiger charge is -2.19. The predicted octanol–water partition coefficient (Wildman–Crippen LogP) is 1.39. The molecular formula is C12H19FN2O. The van der Waals surface area contributed by atoms with Crippen LogP contribution in [0.2, 0.25) is 0 Å². The molecule has 0 aliphatic carbocycles. The normalized spacial score (nSPS) is 16.4. The van der Waals surface area contributed by atoms with Gasteiger partial charge in [-0.15, -0.1) is 0 Å². The number of nitrogens with two attached hydrogens (primary N) is 1. The molecule has 1 heterocycles. The summed E-state index contributed by atoms with van der Waals surface area (Å²) in [7, 11) is 0. The molecule has 4 N–H and O–H groups in total. The van der Waals surface area contributed by atoms with Crippen LogP contribution in [0, 0.1) is 11.7 Å². The fourth-order valence-corrected chi connectivity index (χ4v) is 1.57. The Morgan fingerprint density at radius 2 is 2.06 bits per heavy atom.